The molecular weight excluding hydrogens is 256 g/mol. The van der Waals surface area contributed by atoms with Gasteiger partial charge in [0.15, 0.2) is 0 Å². The molecule has 2 heterocycles. The van der Waals surface area contributed by atoms with Gasteiger partial charge >= 0.3 is 0 Å². The van der Waals surface area contributed by atoms with Crippen molar-refractivity contribution >= 4 is 17.2 Å². The van der Waals surface area contributed by atoms with Gasteiger partial charge in [-0.15, -0.1) is 11.3 Å². The van der Waals surface area contributed by atoms with Gasteiger partial charge in [0.25, 0.3) is 0 Å². The Hall–Kier alpha value is -0.870. The average Bonchev–Trinajstić information content (AvgIpc) is 2.74. The number of amides is 1. The number of carbonyl (C=O) groups is 1. The lowest BCUT2D eigenvalue weighted by Gasteiger charge is -2.28. The van der Waals surface area contributed by atoms with Crippen LogP contribution >= 0.6 is 11.3 Å². The third kappa shape index (κ3) is 4.32. The SMILES string of the molecule is Cc1ccc(CC(C)NC(=O)C2CC(C)CCN2)s1. The average molecular weight is 280 g/mol. The Morgan fingerprint density at radius 3 is 3.00 bits per heavy atom. The fourth-order valence-electron chi connectivity index (χ4n) is 2.60. The van der Waals surface area contributed by atoms with Gasteiger partial charge in [-0.1, -0.05) is 6.92 Å². The molecule has 3 nitrogen and oxygen atoms in total. The highest BCUT2D eigenvalue weighted by atomic mass is 32.1. The van der Waals surface area contributed by atoms with Gasteiger partial charge in [0.1, 0.15) is 0 Å². The molecule has 1 aliphatic rings. The summed E-state index contributed by atoms with van der Waals surface area (Å²) in [4.78, 5) is 14.9. The monoisotopic (exact) mass is 280 g/mol. The highest BCUT2D eigenvalue weighted by Gasteiger charge is 2.25. The molecule has 1 aromatic heterocycles. The molecule has 3 unspecified atom stereocenters. The third-order valence-corrected chi connectivity index (χ3v) is 4.70. The van der Waals surface area contributed by atoms with Gasteiger partial charge in [0.05, 0.1) is 6.04 Å². The van der Waals surface area contributed by atoms with Crippen LogP contribution in [0, 0.1) is 12.8 Å². The van der Waals surface area contributed by atoms with Crippen molar-refractivity contribution in [3.05, 3.63) is 21.9 Å². The number of nitrogens with one attached hydrogen (secondary N) is 2. The van der Waals surface area contributed by atoms with Crippen LogP contribution < -0.4 is 10.6 Å². The van der Waals surface area contributed by atoms with Gasteiger partial charge in [-0.2, -0.15) is 0 Å². The molecule has 4 heteroatoms. The van der Waals surface area contributed by atoms with Crippen molar-refractivity contribution in [2.45, 2.75) is 52.1 Å². The van der Waals surface area contributed by atoms with Gasteiger partial charge in [0.2, 0.25) is 5.91 Å². The molecule has 3 atom stereocenters. The predicted octanol–water partition coefficient (Wildman–Crippen LogP) is 2.49. The number of thiophene rings is 1. The number of aryl methyl sites for hydroxylation is 1. The second kappa shape index (κ2) is 6.53. The molecule has 1 saturated heterocycles. The van der Waals surface area contributed by atoms with E-state index in [0.717, 1.165) is 19.4 Å². The van der Waals surface area contributed by atoms with Crippen LogP contribution in [0.15, 0.2) is 12.1 Å². The number of carbonyl (C=O) groups excluding carboxylic acids is 1. The highest BCUT2D eigenvalue weighted by molar-refractivity contribution is 7.11. The number of hydrogen-bond donors (Lipinski definition) is 2. The van der Waals surface area contributed by atoms with Crippen LogP contribution in [-0.2, 0) is 11.2 Å². The molecule has 1 fully saturated rings. The quantitative estimate of drug-likeness (QED) is 0.889. The lowest BCUT2D eigenvalue weighted by molar-refractivity contribution is -0.124. The van der Waals surface area contributed by atoms with Gasteiger partial charge in [-0.3, -0.25) is 4.79 Å². The van der Waals surface area contributed by atoms with E-state index in [1.54, 1.807) is 0 Å². The summed E-state index contributed by atoms with van der Waals surface area (Å²) >= 11 is 1.81. The molecule has 0 radical (unpaired) electrons. The Labute approximate surface area is 119 Å². The molecule has 0 aromatic carbocycles. The summed E-state index contributed by atoms with van der Waals surface area (Å²) in [5.41, 5.74) is 0. The zero-order valence-electron chi connectivity index (χ0n) is 12.0. The summed E-state index contributed by atoms with van der Waals surface area (Å²) < 4.78 is 0. The standard InChI is InChI=1S/C15H24N2OS/c1-10-6-7-16-14(8-10)15(18)17-11(2)9-13-5-4-12(3)19-13/h4-5,10-11,14,16H,6-9H2,1-3H3,(H,17,18). The molecule has 0 saturated carbocycles. The first kappa shape index (κ1) is 14.5. The summed E-state index contributed by atoms with van der Waals surface area (Å²) in [5, 5.41) is 6.45. The summed E-state index contributed by atoms with van der Waals surface area (Å²) in [6.45, 7) is 7.38. The van der Waals surface area contributed by atoms with Crippen molar-refractivity contribution in [3.8, 4) is 0 Å². The first-order valence-corrected chi connectivity index (χ1v) is 7.95. The fraction of sp³-hybridized carbons (Fsp3) is 0.667. The van der Waals surface area contributed by atoms with Crippen LogP contribution in [0.2, 0.25) is 0 Å². The van der Waals surface area contributed by atoms with E-state index >= 15 is 0 Å². The van der Waals surface area contributed by atoms with E-state index in [-0.39, 0.29) is 18.0 Å². The minimum Gasteiger partial charge on any atom is -0.352 e. The van der Waals surface area contributed by atoms with E-state index in [0.29, 0.717) is 5.92 Å². The molecule has 0 bridgehead atoms. The third-order valence-electron chi connectivity index (χ3n) is 3.67. The molecule has 0 aliphatic carbocycles. The smallest absolute Gasteiger partial charge is 0.237 e. The molecule has 1 amide bonds. The number of rotatable bonds is 4. The summed E-state index contributed by atoms with van der Waals surface area (Å²) in [7, 11) is 0. The number of hydrogen-bond acceptors (Lipinski definition) is 3. The van der Waals surface area contributed by atoms with Crippen LogP contribution in [0.25, 0.3) is 0 Å². The van der Waals surface area contributed by atoms with Crippen molar-refractivity contribution in [1.29, 1.82) is 0 Å². The number of piperidine rings is 1. The Balaban J connectivity index is 1.81. The summed E-state index contributed by atoms with van der Waals surface area (Å²) in [6.07, 6.45) is 3.05. The normalized spacial score (nSPS) is 25.0. The first-order valence-electron chi connectivity index (χ1n) is 7.13. The predicted molar refractivity (Wildman–Crippen MR) is 80.6 cm³/mol. The Kier molecular flexibility index (Phi) is 4.99. The van der Waals surface area contributed by atoms with E-state index in [9.17, 15) is 4.79 Å². The van der Waals surface area contributed by atoms with Crippen LogP contribution in [0.1, 0.15) is 36.4 Å². The minimum absolute atomic E-state index is 0.00345. The van der Waals surface area contributed by atoms with Crippen molar-refractivity contribution in [1.82, 2.24) is 10.6 Å². The molecule has 1 aromatic rings. The molecule has 0 spiro atoms. The molecule has 1 aliphatic heterocycles. The van der Waals surface area contributed by atoms with E-state index in [1.807, 2.05) is 11.3 Å². The lowest BCUT2D eigenvalue weighted by atomic mass is 9.94. The van der Waals surface area contributed by atoms with E-state index in [4.69, 9.17) is 0 Å². The van der Waals surface area contributed by atoms with E-state index in [2.05, 4.69) is 43.5 Å². The van der Waals surface area contributed by atoms with Crippen molar-refractivity contribution in [2.75, 3.05) is 6.54 Å². The topological polar surface area (TPSA) is 41.1 Å². The Morgan fingerprint density at radius 2 is 2.37 bits per heavy atom. The molecule has 106 valence electrons. The Morgan fingerprint density at radius 1 is 1.58 bits per heavy atom. The second-order valence-electron chi connectivity index (χ2n) is 5.76. The summed E-state index contributed by atoms with van der Waals surface area (Å²) in [6, 6.07) is 4.49. The Bertz CT molecular complexity index is 430. The van der Waals surface area contributed by atoms with E-state index in [1.165, 1.54) is 16.2 Å². The van der Waals surface area contributed by atoms with Gasteiger partial charge < -0.3 is 10.6 Å². The zero-order valence-corrected chi connectivity index (χ0v) is 12.8. The van der Waals surface area contributed by atoms with Gasteiger partial charge in [0, 0.05) is 22.2 Å². The maximum Gasteiger partial charge on any atom is 0.237 e. The molecule has 2 rings (SSSR count). The highest BCUT2D eigenvalue weighted by Crippen LogP contribution is 2.18. The second-order valence-corrected chi connectivity index (χ2v) is 7.13. The maximum atomic E-state index is 12.2. The van der Waals surface area contributed by atoms with Crippen LogP contribution in [0.5, 0.6) is 0 Å². The zero-order chi connectivity index (χ0) is 13.8. The maximum absolute atomic E-state index is 12.2. The van der Waals surface area contributed by atoms with Crippen molar-refractivity contribution in [3.63, 3.8) is 0 Å². The largest absolute Gasteiger partial charge is 0.352 e. The van der Waals surface area contributed by atoms with Gasteiger partial charge in [-0.05, 0) is 51.3 Å². The fourth-order valence-corrected chi connectivity index (χ4v) is 3.62. The van der Waals surface area contributed by atoms with Crippen LogP contribution in [0.4, 0.5) is 0 Å². The minimum atomic E-state index is -0.00345. The van der Waals surface area contributed by atoms with E-state index < -0.39 is 0 Å². The van der Waals surface area contributed by atoms with Crippen molar-refractivity contribution in [2.24, 2.45) is 5.92 Å². The van der Waals surface area contributed by atoms with Crippen molar-refractivity contribution < 1.29 is 4.79 Å². The van der Waals surface area contributed by atoms with Crippen LogP contribution in [-0.4, -0.2) is 24.5 Å². The summed E-state index contributed by atoms with van der Waals surface area (Å²) in [5.74, 6) is 0.805. The lowest BCUT2D eigenvalue weighted by Crippen LogP contribution is -2.50. The molecule has 19 heavy (non-hydrogen) atoms. The first-order chi connectivity index (χ1) is 9.04. The molecular formula is C15H24N2OS. The molecule has 2 N–H and O–H groups in total. The van der Waals surface area contributed by atoms with Crippen LogP contribution in [0.3, 0.4) is 0 Å². The van der Waals surface area contributed by atoms with Gasteiger partial charge in [-0.25, -0.2) is 0 Å².